The average molecular weight is 226 g/mol. The second kappa shape index (κ2) is 5.50. The molecular weight excluding hydrogens is 208 g/mol. The second-order valence-corrected chi connectivity index (χ2v) is 4.07. The number of carbonyl (C=O) groups is 1. The Morgan fingerprint density at radius 3 is 2.81 bits per heavy atom. The van der Waals surface area contributed by atoms with Crippen molar-refractivity contribution in [1.29, 1.82) is 0 Å². The quantitative estimate of drug-likeness (QED) is 0.636. The van der Waals surface area contributed by atoms with Crippen molar-refractivity contribution in [2.24, 2.45) is 5.92 Å². The SMILES string of the molecule is CC(C)[C@@H](CO)NC(=O)Cn1cc(N)cn1. The topological polar surface area (TPSA) is 93.2 Å². The molecule has 4 N–H and O–H groups in total. The molecule has 0 saturated carbocycles. The lowest BCUT2D eigenvalue weighted by atomic mass is 10.1. The number of nitrogens with zero attached hydrogens (tertiary/aromatic N) is 2. The fourth-order valence-electron chi connectivity index (χ4n) is 1.29. The number of aliphatic hydroxyl groups is 1. The maximum absolute atomic E-state index is 11.6. The summed E-state index contributed by atoms with van der Waals surface area (Å²) in [6.07, 6.45) is 3.07. The normalized spacial score (nSPS) is 12.8. The zero-order valence-electron chi connectivity index (χ0n) is 9.55. The van der Waals surface area contributed by atoms with Gasteiger partial charge in [-0.1, -0.05) is 13.8 Å². The summed E-state index contributed by atoms with van der Waals surface area (Å²) >= 11 is 0. The lowest BCUT2D eigenvalue weighted by Gasteiger charge is -2.19. The minimum Gasteiger partial charge on any atom is -0.396 e. The first kappa shape index (κ1) is 12.5. The van der Waals surface area contributed by atoms with Crippen LogP contribution in [0.3, 0.4) is 0 Å². The minimum absolute atomic E-state index is 0.0648. The molecule has 0 fully saturated rings. The van der Waals surface area contributed by atoms with E-state index in [1.165, 1.54) is 10.9 Å². The number of nitrogen functional groups attached to an aromatic ring is 1. The van der Waals surface area contributed by atoms with E-state index >= 15 is 0 Å². The molecule has 0 bridgehead atoms. The molecule has 0 radical (unpaired) electrons. The van der Waals surface area contributed by atoms with E-state index in [-0.39, 0.29) is 31.0 Å². The molecule has 1 aromatic heterocycles. The van der Waals surface area contributed by atoms with Gasteiger partial charge in [-0.3, -0.25) is 9.48 Å². The molecule has 0 unspecified atom stereocenters. The molecule has 0 aliphatic heterocycles. The zero-order valence-corrected chi connectivity index (χ0v) is 9.55. The monoisotopic (exact) mass is 226 g/mol. The third kappa shape index (κ3) is 3.54. The summed E-state index contributed by atoms with van der Waals surface area (Å²) in [5, 5.41) is 15.7. The first-order chi connectivity index (χ1) is 7.52. The predicted octanol–water partition coefficient (Wildman–Crippen LogP) is -0.402. The van der Waals surface area contributed by atoms with Crippen molar-refractivity contribution in [1.82, 2.24) is 15.1 Å². The molecule has 16 heavy (non-hydrogen) atoms. The Bertz CT molecular complexity index is 348. The van der Waals surface area contributed by atoms with Gasteiger partial charge >= 0.3 is 0 Å². The molecule has 1 rings (SSSR count). The molecule has 0 spiro atoms. The smallest absolute Gasteiger partial charge is 0.242 e. The summed E-state index contributed by atoms with van der Waals surface area (Å²) in [6.45, 7) is 3.92. The van der Waals surface area contributed by atoms with E-state index in [2.05, 4.69) is 10.4 Å². The van der Waals surface area contributed by atoms with Crippen molar-refractivity contribution >= 4 is 11.6 Å². The number of nitrogens with one attached hydrogen (secondary N) is 1. The van der Waals surface area contributed by atoms with Gasteiger partial charge in [0.05, 0.1) is 24.5 Å². The van der Waals surface area contributed by atoms with Crippen molar-refractivity contribution in [3.8, 4) is 0 Å². The summed E-state index contributed by atoms with van der Waals surface area (Å²) in [5.74, 6) is 0.00694. The molecule has 0 aromatic carbocycles. The van der Waals surface area contributed by atoms with Gasteiger partial charge in [-0.15, -0.1) is 0 Å². The highest BCUT2D eigenvalue weighted by Crippen LogP contribution is 2.01. The first-order valence-electron chi connectivity index (χ1n) is 5.21. The molecule has 1 amide bonds. The highest BCUT2D eigenvalue weighted by Gasteiger charge is 2.15. The fourth-order valence-corrected chi connectivity index (χ4v) is 1.29. The van der Waals surface area contributed by atoms with E-state index in [0.29, 0.717) is 5.69 Å². The summed E-state index contributed by atoms with van der Waals surface area (Å²) in [5.41, 5.74) is 6.00. The Labute approximate surface area is 94.4 Å². The van der Waals surface area contributed by atoms with E-state index in [9.17, 15) is 4.79 Å². The molecule has 0 saturated heterocycles. The lowest BCUT2D eigenvalue weighted by molar-refractivity contribution is -0.123. The van der Waals surface area contributed by atoms with Gasteiger partial charge in [-0.2, -0.15) is 5.10 Å². The third-order valence-corrected chi connectivity index (χ3v) is 2.31. The molecule has 1 atom stereocenters. The van der Waals surface area contributed by atoms with Gasteiger partial charge < -0.3 is 16.2 Å². The zero-order chi connectivity index (χ0) is 12.1. The van der Waals surface area contributed by atoms with Crippen LogP contribution in [0.2, 0.25) is 0 Å². The van der Waals surface area contributed by atoms with Crippen LogP contribution in [-0.2, 0) is 11.3 Å². The van der Waals surface area contributed by atoms with Gasteiger partial charge in [0.25, 0.3) is 0 Å². The maximum Gasteiger partial charge on any atom is 0.242 e. The summed E-state index contributed by atoms with van der Waals surface area (Å²) in [6, 6.07) is -0.222. The van der Waals surface area contributed by atoms with Crippen LogP contribution >= 0.6 is 0 Å². The maximum atomic E-state index is 11.6. The number of rotatable bonds is 5. The van der Waals surface area contributed by atoms with Crippen molar-refractivity contribution in [2.75, 3.05) is 12.3 Å². The van der Waals surface area contributed by atoms with E-state index in [1.807, 2.05) is 13.8 Å². The highest BCUT2D eigenvalue weighted by molar-refractivity contribution is 5.76. The van der Waals surface area contributed by atoms with Gasteiger partial charge in [-0.05, 0) is 5.92 Å². The fraction of sp³-hybridized carbons (Fsp3) is 0.600. The van der Waals surface area contributed by atoms with E-state index in [4.69, 9.17) is 10.8 Å². The van der Waals surface area contributed by atoms with Crippen LogP contribution in [0.4, 0.5) is 5.69 Å². The molecule has 1 heterocycles. The summed E-state index contributed by atoms with van der Waals surface area (Å²) in [4.78, 5) is 11.6. The Morgan fingerprint density at radius 1 is 1.69 bits per heavy atom. The number of nitrogens with two attached hydrogens (primary N) is 1. The standard InChI is InChI=1S/C10H18N4O2/c1-7(2)9(6-15)13-10(16)5-14-4-8(11)3-12-14/h3-4,7,9,15H,5-6,11H2,1-2H3,(H,13,16)/t9-/m1/s1. The van der Waals surface area contributed by atoms with Gasteiger partial charge in [0.15, 0.2) is 0 Å². The Hall–Kier alpha value is -1.56. The van der Waals surface area contributed by atoms with Crippen molar-refractivity contribution < 1.29 is 9.90 Å². The van der Waals surface area contributed by atoms with Gasteiger partial charge in [-0.25, -0.2) is 0 Å². The number of carbonyl (C=O) groups excluding carboxylic acids is 1. The number of hydrogen-bond donors (Lipinski definition) is 3. The van der Waals surface area contributed by atoms with Gasteiger partial charge in [0.1, 0.15) is 6.54 Å². The van der Waals surface area contributed by atoms with Crippen LogP contribution in [0.25, 0.3) is 0 Å². The van der Waals surface area contributed by atoms with Crippen molar-refractivity contribution in [3.63, 3.8) is 0 Å². The molecule has 6 nitrogen and oxygen atoms in total. The minimum atomic E-state index is -0.222. The largest absolute Gasteiger partial charge is 0.396 e. The molecule has 0 aliphatic rings. The van der Waals surface area contributed by atoms with Crippen molar-refractivity contribution in [3.05, 3.63) is 12.4 Å². The Balaban J connectivity index is 2.47. The van der Waals surface area contributed by atoms with Gasteiger partial charge in [0.2, 0.25) is 5.91 Å². The van der Waals surface area contributed by atoms with Crippen LogP contribution in [0, 0.1) is 5.92 Å². The molecular formula is C10H18N4O2. The second-order valence-electron chi connectivity index (χ2n) is 4.07. The molecule has 6 heteroatoms. The molecule has 1 aromatic rings. The number of anilines is 1. The van der Waals surface area contributed by atoms with Gasteiger partial charge in [0, 0.05) is 6.20 Å². The summed E-state index contributed by atoms with van der Waals surface area (Å²) < 4.78 is 1.46. The number of hydrogen-bond acceptors (Lipinski definition) is 4. The van der Waals surface area contributed by atoms with Crippen LogP contribution in [-0.4, -0.2) is 33.4 Å². The average Bonchev–Trinajstić information content (AvgIpc) is 2.60. The van der Waals surface area contributed by atoms with Crippen LogP contribution in [0.1, 0.15) is 13.8 Å². The highest BCUT2D eigenvalue weighted by atomic mass is 16.3. The van der Waals surface area contributed by atoms with Crippen LogP contribution < -0.4 is 11.1 Å². The number of amides is 1. The Morgan fingerprint density at radius 2 is 2.38 bits per heavy atom. The van der Waals surface area contributed by atoms with E-state index in [1.54, 1.807) is 6.20 Å². The number of aliphatic hydroxyl groups excluding tert-OH is 1. The Kier molecular flexibility index (Phi) is 4.30. The van der Waals surface area contributed by atoms with E-state index in [0.717, 1.165) is 0 Å². The van der Waals surface area contributed by atoms with Crippen molar-refractivity contribution in [2.45, 2.75) is 26.4 Å². The van der Waals surface area contributed by atoms with Crippen LogP contribution in [0.5, 0.6) is 0 Å². The summed E-state index contributed by atoms with van der Waals surface area (Å²) in [7, 11) is 0. The van der Waals surface area contributed by atoms with E-state index < -0.39 is 0 Å². The number of aromatic nitrogens is 2. The van der Waals surface area contributed by atoms with Crippen LogP contribution in [0.15, 0.2) is 12.4 Å². The third-order valence-electron chi connectivity index (χ3n) is 2.31. The first-order valence-corrected chi connectivity index (χ1v) is 5.21. The predicted molar refractivity (Wildman–Crippen MR) is 60.5 cm³/mol. The molecule has 90 valence electrons. The lowest BCUT2D eigenvalue weighted by Crippen LogP contribution is -2.42. The molecule has 0 aliphatic carbocycles.